The predicted molar refractivity (Wildman–Crippen MR) is 125 cm³/mol. The minimum absolute atomic E-state index is 0.0841. The first-order chi connectivity index (χ1) is 15.2. The lowest BCUT2D eigenvalue weighted by atomic mass is 10.1. The van der Waals surface area contributed by atoms with Crippen molar-refractivity contribution >= 4 is 35.0 Å². The molecular formula is C23H26ClN5OS. The molecular weight excluding hydrogens is 430 g/mol. The van der Waals surface area contributed by atoms with Gasteiger partial charge in [-0.15, -0.1) is 10.2 Å². The smallest absolute Gasteiger partial charge is 0.234 e. The number of hydrogen-bond acceptors (Lipinski definition) is 5. The maximum absolute atomic E-state index is 12.4. The molecule has 0 unspecified atom stereocenters. The summed E-state index contributed by atoms with van der Waals surface area (Å²) in [7, 11) is 0. The quantitative estimate of drug-likeness (QED) is 0.499. The maximum Gasteiger partial charge on any atom is 0.234 e. The SMILES string of the molecule is O=C(CSc1nnc(CN2CCCCC2)n1Cc1ccccc1)Nc1ccc(Cl)cc1. The monoisotopic (exact) mass is 455 g/mol. The van der Waals surface area contributed by atoms with E-state index in [1.165, 1.54) is 36.6 Å². The summed E-state index contributed by atoms with van der Waals surface area (Å²) in [6, 6.07) is 17.4. The first-order valence-electron chi connectivity index (χ1n) is 10.5. The van der Waals surface area contributed by atoms with E-state index in [9.17, 15) is 4.79 Å². The summed E-state index contributed by atoms with van der Waals surface area (Å²) in [5.41, 5.74) is 1.92. The van der Waals surface area contributed by atoms with Crippen LogP contribution in [0.25, 0.3) is 0 Å². The molecule has 0 radical (unpaired) electrons. The van der Waals surface area contributed by atoms with E-state index in [4.69, 9.17) is 11.6 Å². The second kappa shape index (κ2) is 10.8. The first-order valence-corrected chi connectivity index (χ1v) is 11.9. The number of thioether (sulfide) groups is 1. The number of carbonyl (C=O) groups is 1. The number of piperidine rings is 1. The minimum Gasteiger partial charge on any atom is -0.325 e. The highest BCUT2D eigenvalue weighted by Gasteiger charge is 2.18. The van der Waals surface area contributed by atoms with Crippen molar-refractivity contribution in [1.29, 1.82) is 0 Å². The van der Waals surface area contributed by atoms with Crippen LogP contribution in [0.5, 0.6) is 0 Å². The molecule has 1 aromatic heterocycles. The van der Waals surface area contributed by atoms with Crippen molar-refractivity contribution in [1.82, 2.24) is 19.7 Å². The summed E-state index contributed by atoms with van der Waals surface area (Å²) >= 11 is 7.32. The van der Waals surface area contributed by atoms with Crippen molar-refractivity contribution in [2.75, 3.05) is 24.2 Å². The standard InChI is InChI=1S/C23H26ClN5OS/c24-19-9-11-20(12-10-19)25-22(30)17-31-23-27-26-21(16-28-13-5-2-6-14-28)29(23)15-18-7-3-1-4-8-18/h1,3-4,7-12H,2,5-6,13-17H2,(H,25,30). The number of halogens is 1. The van der Waals surface area contributed by atoms with Gasteiger partial charge in [0.1, 0.15) is 5.82 Å². The molecule has 0 spiro atoms. The van der Waals surface area contributed by atoms with Crippen molar-refractivity contribution < 1.29 is 4.79 Å². The normalized spacial score (nSPS) is 14.5. The Morgan fingerprint density at radius 3 is 2.45 bits per heavy atom. The zero-order valence-electron chi connectivity index (χ0n) is 17.3. The largest absolute Gasteiger partial charge is 0.325 e. The molecule has 2 aromatic carbocycles. The third kappa shape index (κ3) is 6.32. The third-order valence-electron chi connectivity index (χ3n) is 5.25. The number of carbonyl (C=O) groups excluding carboxylic acids is 1. The number of nitrogens with zero attached hydrogens (tertiary/aromatic N) is 4. The fraction of sp³-hybridized carbons (Fsp3) is 0.348. The number of benzene rings is 2. The van der Waals surface area contributed by atoms with Crippen molar-refractivity contribution in [2.45, 2.75) is 37.5 Å². The molecule has 162 valence electrons. The molecule has 0 aliphatic carbocycles. The molecule has 2 heterocycles. The van der Waals surface area contributed by atoms with Crippen molar-refractivity contribution in [3.8, 4) is 0 Å². The molecule has 4 rings (SSSR count). The Morgan fingerprint density at radius 1 is 0.968 bits per heavy atom. The van der Waals surface area contributed by atoms with Gasteiger partial charge in [0.2, 0.25) is 5.91 Å². The third-order valence-corrected chi connectivity index (χ3v) is 6.47. The molecule has 0 saturated carbocycles. The Bertz CT molecular complexity index is 987. The van der Waals surface area contributed by atoms with E-state index in [2.05, 4.69) is 37.1 Å². The van der Waals surface area contributed by atoms with Crippen LogP contribution in [0.15, 0.2) is 59.8 Å². The molecule has 31 heavy (non-hydrogen) atoms. The van der Waals surface area contributed by atoms with Gasteiger partial charge in [-0.05, 0) is 55.8 Å². The van der Waals surface area contributed by atoms with E-state index in [-0.39, 0.29) is 11.7 Å². The van der Waals surface area contributed by atoms with E-state index < -0.39 is 0 Å². The van der Waals surface area contributed by atoms with Crippen LogP contribution in [-0.4, -0.2) is 44.4 Å². The zero-order valence-corrected chi connectivity index (χ0v) is 18.9. The van der Waals surface area contributed by atoms with Crippen LogP contribution in [0, 0.1) is 0 Å². The van der Waals surface area contributed by atoms with Crippen molar-refractivity contribution in [2.24, 2.45) is 0 Å². The second-order valence-electron chi connectivity index (χ2n) is 7.65. The predicted octanol–water partition coefficient (Wildman–Crippen LogP) is 4.70. The van der Waals surface area contributed by atoms with E-state index in [0.29, 0.717) is 11.6 Å². The van der Waals surface area contributed by atoms with Gasteiger partial charge >= 0.3 is 0 Å². The van der Waals surface area contributed by atoms with E-state index in [0.717, 1.165) is 36.3 Å². The molecule has 8 heteroatoms. The number of likely N-dealkylation sites (tertiary alicyclic amines) is 1. The van der Waals surface area contributed by atoms with Crippen LogP contribution in [0.2, 0.25) is 5.02 Å². The Hall–Kier alpha value is -2.35. The number of hydrogen-bond donors (Lipinski definition) is 1. The van der Waals surface area contributed by atoms with Gasteiger partial charge in [-0.1, -0.05) is 60.1 Å². The summed E-state index contributed by atoms with van der Waals surface area (Å²) in [6.07, 6.45) is 3.77. The molecule has 0 atom stereocenters. The maximum atomic E-state index is 12.4. The van der Waals surface area contributed by atoms with Gasteiger partial charge < -0.3 is 9.88 Å². The fourth-order valence-electron chi connectivity index (χ4n) is 3.65. The number of aromatic nitrogens is 3. The number of amides is 1. The summed E-state index contributed by atoms with van der Waals surface area (Å²) in [5.74, 6) is 1.13. The Balaban J connectivity index is 1.45. The molecule has 1 aliphatic rings. The van der Waals surface area contributed by atoms with Crippen LogP contribution in [0.1, 0.15) is 30.7 Å². The molecule has 0 bridgehead atoms. The molecule has 1 aliphatic heterocycles. The number of rotatable bonds is 8. The van der Waals surface area contributed by atoms with Crippen molar-refractivity contribution in [3.63, 3.8) is 0 Å². The molecule has 3 aromatic rings. The molecule has 1 saturated heterocycles. The van der Waals surface area contributed by atoms with E-state index in [1.54, 1.807) is 24.3 Å². The lowest BCUT2D eigenvalue weighted by molar-refractivity contribution is -0.113. The van der Waals surface area contributed by atoms with E-state index in [1.807, 2.05) is 18.2 Å². The fourth-order valence-corrected chi connectivity index (χ4v) is 4.53. The lowest BCUT2D eigenvalue weighted by Crippen LogP contribution is -2.30. The Morgan fingerprint density at radius 2 is 1.71 bits per heavy atom. The highest BCUT2D eigenvalue weighted by atomic mass is 35.5. The number of nitrogens with one attached hydrogen (secondary N) is 1. The van der Waals surface area contributed by atoms with Gasteiger partial charge in [-0.3, -0.25) is 9.69 Å². The highest BCUT2D eigenvalue weighted by Crippen LogP contribution is 2.22. The van der Waals surface area contributed by atoms with Gasteiger partial charge in [-0.2, -0.15) is 0 Å². The van der Waals surface area contributed by atoms with Gasteiger partial charge in [-0.25, -0.2) is 0 Å². The number of anilines is 1. The molecule has 1 N–H and O–H groups in total. The van der Waals surface area contributed by atoms with E-state index >= 15 is 0 Å². The summed E-state index contributed by atoms with van der Waals surface area (Å²) in [5, 5.41) is 13.2. The second-order valence-corrected chi connectivity index (χ2v) is 9.03. The topological polar surface area (TPSA) is 63.1 Å². The Labute approximate surface area is 192 Å². The molecule has 1 fully saturated rings. The Kier molecular flexibility index (Phi) is 7.61. The average molecular weight is 456 g/mol. The van der Waals surface area contributed by atoms with Crippen LogP contribution in [0.4, 0.5) is 5.69 Å². The average Bonchev–Trinajstić information content (AvgIpc) is 3.16. The van der Waals surface area contributed by atoms with Gasteiger partial charge in [0.15, 0.2) is 5.16 Å². The van der Waals surface area contributed by atoms with Crippen LogP contribution < -0.4 is 5.32 Å². The van der Waals surface area contributed by atoms with Gasteiger partial charge in [0.05, 0.1) is 18.8 Å². The van der Waals surface area contributed by atoms with Gasteiger partial charge in [0.25, 0.3) is 0 Å². The van der Waals surface area contributed by atoms with Crippen LogP contribution >= 0.6 is 23.4 Å². The lowest BCUT2D eigenvalue weighted by Gasteiger charge is -2.26. The van der Waals surface area contributed by atoms with Gasteiger partial charge in [0, 0.05) is 10.7 Å². The minimum atomic E-state index is -0.0841. The molecule has 1 amide bonds. The zero-order chi connectivity index (χ0) is 21.5. The van der Waals surface area contributed by atoms with Crippen LogP contribution in [0.3, 0.4) is 0 Å². The highest BCUT2D eigenvalue weighted by molar-refractivity contribution is 7.99. The molecule has 6 nitrogen and oxygen atoms in total. The summed E-state index contributed by atoms with van der Waals surface area (Å²) in [6.45, 7) is 3.68. The van der Waals surface area contributed by atoms with Crippen molar-refractivity contribution in [3.05, 3.63) is 71.0 Å². The first kappa shape index (κ1) is 21.9. The summed E-state index contributed by atoms with van der Waals surface area (Å²) in [4.78, 5) is 14.9. The van der Waals surface area contributed by atoms with Crippen LogP contribution in [-0.2, 0) is 17.9 Å². The summed E-state index contributed by atoms with van der Waals surface area (Å²) < 4.78 is 2.14.